The largest absolute Gasteiger partial charge is 0.484 e. The highest BCUT2D eigenvalue weighted by molar-refractivity contribution is 6.30. The maximum Gasteiger partial charge on any atom is 0.258 e. The number of fused-ring (bicyclic) bond motifs is 3. The van der Waals surface area contributed by atoms with E-state index in [9.17, 15) is 23.5 Å². The van der Waals surface area contributed by atoms with Gasteiger partial charge in [0.1, 0.15) is 17.4 Å². The molecule has 1 atom stereocenters. The summed E-state index contributed by atoms with van der Waals surface area (Å²) in [6.45, 7) is -0.305. The third-order valence-corrected chi connectivity index (χ3v) is 6.74. The van der Waals surface area contributed by atoms with Crippen molar-refractivity contribution in [3.8, 4) is 5.75 Å². The van der Waals surface area contributed by atoms with Crippen molar-refractivity contribution in [3.05, 3.63) is 64.7 Å². The van der Waals surface area contributed by atoms with Crippen molar-refractivity contribution in [2.75, 3.05) is 6.61 Å². The molecule has 3 saturated carbocycles. The lowest BCUT2D eigenvalue weighted by molar-refractivity contribution is -0.129. The summed E-state index contributed by atoms with van der Waals surface area (Å²) in [7, 11) is 0. The van der Waals surface area contributed by atoms with Gasteiger partial charge in [0.05, 0.1) is 16.7 Å². The molecule has 2 aromatic carbocycles. The minimum atomic E-state index is -0.867. The third kappa shape index (κ3) is 4.56. The van der Waals surface area contributed by atoms with Crippen molar-refractivity contribution in [1.29, 1.82) is 0 Å². The van der Waals surface area contributed by atoms with E-state index in [4.69, 9.17) is 16.3 Å². The van der Waals surface area contributed by atoms with E-state index in [-0.39, 0.29) is 35.3 Å². The lowest BCUT2D eigenvalue weighted by Gasteiger charge is -2.56. The van der Waals surface area contributed by atoms with Crippen LogP contribution < -0.4 is 15.4 Å². The van der Waals surface area contributed by atoms with Crippen LogP contribution in [0.4, 0.5) is 8.78 Å². The first-order valence-corrected chi connectivity index (χ1v) is 10.7. The molecule has 2 aromatic rings. The summed E-state index contributed by atoms with van der Waals surface area (Å²) in [5.74, 6) is -1.78. The van der Waals surface area contributed by atoms with Crippen LogP contribution in [-0.4, -0.2) is 40.7 Å². The van der Waals surface area contributed by atoms with E-state index < -0.39 is 34.7 Å². The van der Waals surface area contributed by atoms with Crippen molar-refractivity contribution in [2.45, 2.75) is 49.3 Å². The number of hydrogen-bond acceptors (Lipinski definition) is 4. The van der Waals surface area contributed by atoms with Gasteiger partial charge < -0.3 is 20.5 Å². The molecule has 2 amide bonds. The number of rotatable bonds is 6. The molecule has 0 saturated heterocycles. The first kappa shape index (κ1) is 22.5. The highest BCUT2D eigenvalue weighted by Crippen LogP contribution is 2.47. The fourth-order valence-corrected chi connectivity index (χ4v) is 4.75. The Morgan fingerprint density at radius 2 is 1.84 bits per heavy atom. The molecule has 3 aliphatic carbocycles. The molecule has 32 heavy (non-hydrogen) atoms. The van der Waals surface area contributed by atoms with E-state index in [1.54, 1.807) is 0 Å². The van der Waals surface area contributed by atoms with E-state index in [1.807, 2.05) is 0 Å². The Kier molecular flexibility index (Phi) is 6.09. The minimum Gasteiger partial charge on any atom is -0.484 e. The summed E-state index contributed by atoms with van der Waals surface area (Å²) in [6, 6.07) is 9.31. The van der Waals surface area contributed by atoms with Crippen LogP contribution in [0.25, 0.3) is 0 Å². The number of carbonyl (C=O) groups is 2. The van der Waals surface area contributed by atoms with Gasteiger partial charge in [-0.3, -0.25) is 9.59 Å². The van der Waals surface area contributed by atoms with Crippen LogP contribution in [-0.2, 0) is 4.79 Å². The standard InChI is InChI=1S/C23H23ClF2N2O4/c24-17-5-4-16(11-18(17)26)32-13-20(30)27-22-6-8-23(9-7-22,19(29)12-22)28-21(31)14-2-1-3-15(25)10-14/h1-5,10-11,19,29H,6-9,12-13H2,(H,27,30)(H,28,31)/t19-,22?,23?/m0/s1. The van der Waals surface area contributed by atoms with Gasteiger partial charge in [-0.25, -0.2) is 8.78 Å². The molecule has 0 aromatic heterocycles. The van der Waals surface area contributed by atoms with Crippen LogP contribution in [0.5, 0.6) is 5.75 Å². The molecule has 9 heteroatoms. The van der Waals surface area contributed by atoms with E-state index in [0.29, 0.717) is 25.7 Å². The normalized spacial score (nSPS) is 26.4. The molecule has 0 unspecified atom stereocenters. The number of hydrogen-bond donors (Lipinski definition) is 3. The molecular formula is C23H23ClF2N2O4. The number of nitrogens with one attached hydrogen (secondary N) is 2. The van der Waals surface area contributed by atoms with Gasteiger partial charge in [-0.15, -0.1) is 0 Å². The van der Waals surface area contributed by atoms with Gasteiger partial charge in [-0.1, -0.05) is 17.7 Å². The topological polar surface area (TPSA) is 87.7 Å². The number of aliphatic hydroxyl groups excluding tert-OH is 1. The Labute approximate surface area is 188 Å². The molecule has 6 nitrogen and oxygen atoms in total. The van der Waals surface area contributed by atoms with Crippen molar-refractivity contribution >= 4 is 23.4 Å². The maximum atomic E-state index is 13.5. The zero-order chi connectivity index (χ0) is 22.9. The first-order valence-electron chi connectivity index (χ1n) is 10.4. The number of aliphatic hydroxyl groups is 1. The number of benzene rings is 2. The molecule has 3 N–H and O–H groups in total. The summed E-state index contributed by atoms with van der Waals surface area (Å²) in [5, 5.41) is 16.6. The molecule has 0 radical (unpaired) electrons. The highest BCUT2D eigenvalue weighted by atomic mass is 35.5. The summed E-state index contributed by atoms with van der Waals surface area (Å²) in [4.78, 5) is 25.1. The fourth-order valence-electron chi connectivity index (χ4n) is 4.64. The Balaban J connectivity index is 1.35. The molecular weight excluding hydrogens is 442 g/mol. The van der Waals surface area contributed by atoms with Crippen LogP contribution in [0.3, 0.4) is 0 Å². The van der Waals surface area contributed by atoms with Crippen molar-refractivity contribution in [1.82, 2.24) is 10.6 Å². The SMILES string of the molecule is O=C(COc1ccc(Cl)c(F)c1)NC12CCC(NC(=O)c3cccc(F)c3)(CC1)[C@@H](O)C2. The first-order chi connectivity index (χ1) is 15.2. The summed E-state index contributed by atoms with van der Waals surface area (Å²) < 4.78 is 32.3. The van der Waals surface area contributed by atoms with Crippen LogP contribution in [0.1, 0.15) is 42.5 Å². The Hall–Kier alpha value is -2.71. The molecule has 2 bridgehead atoms. The van der Waals surface area contributed by atoms with Gasteiger partial charge in [0, 0.05) is 17.2 Å². The lowest BCUT2D eigenvalue weighted by Crippen LogP contribution is -2.70. The summed E-state index contributed by atoms with van der Waals surface area (Å²) in [6.07, 6.45) is 1.48. The van der Waals surface area contributed by atoms with E-state index in [1.165, 1.54) is 30.3 Å². The smallest absolute Gasteiger partial charge is 0.258 e. The quantitative estimate of drug-likeness (QED) is 0.611. The molecule has 5 rings (SSSR count). The summed E-state index contributed by atoms with van der Waals surface area (Å²) >= 11 is 5.64. The fraction of sp³-hybridized carbons (Fsp3) is 0.391. The zero-order valence-corrected chi connectivity index (χ0v) is 17.9. The van der Waals surface area contributed by atoms with Crippen molar-refractivity contribution in [2.24, 2.45) is 0 Å². The molecule has 0 heterocycles. The van der Waals surface area contributed by atoms with Gasteiger partial charge in [0.25, 0.3) is 11.8 Å². The average Bonchev–Trinajstić information content (AvgIpc) is 2.76. The van der Waals surface area contributed by atoms with Crippen LogP contribution in [0, 0.1) is 11.6 Å². The molecule has 3 fully saturated rings. The summed E-state index contributed by atoms with van der Waals surface area (Å²) in [5.41, 5.74) is -1.22. The van der Waals surface area contributed by atoms with Gasteiger partial charge >= 0.3 is 0 Å². The average molecular weight is 465 g/mol. The number of amides is 2. The van der Waals surface area contributed by atoms with Gasteiger partial charge in [-0.05, 0) is 62.4 Å². The maximum absolute atomic E-state index is 13.5. The predicted octanol–water partition coefficient (Wildman–Crippen LogP) is 3.36. The van der Waals surface area contributed by atoms with E-state index >= 15 is 0 Å². The highest BCUT2D eigenvalue weighted by Gasteiger charge is 2.55. The molecule has 3 aliphatic rings. The van der Waals surface area contributed by atoms with E-state index in [0.717, 1.165) is 12.1 Å². The zero-order valence-electron chi connectivity index (χ0n) is 17.2. The van der Waals surface area contributed by atoms with E-state index in [2.05, 4.69) is 10.6 Å². The van der Waals surface area contributed by atoms with Crippen LogP contribution >= 0.6 is 11.6 Å². The second-order valence-corrected chi connectivity index (χ2v) is 8.94. The predicted molar refractivity (Wildman–Crippen MR) is 113 cm³/mol. The van der Waals surface area contributed by atoms with Crippen LogP contribution in [0.2, 0.25) is 5.02 Å². The van der Waals surface area contributed by atoms with Crippen molar-refractivity contribution < 1.29 is 28.2 Å². The third-order valence-electron chi connectivity index (χ3n) is 6.44. The Bertz CT molecular complexity index is 1040. The van der Waals surface area contributed by atoms with Gasteiger partial charge in [-0.2, -0.15) is 0 Å². The Morgan fingerprint density at radius 1 is 1.09 bits per heavy atom. The minimum absolute atomic E-state index is 0.0351. The monoisotopic (exact) mass is 464 g/mol. The van der Waals surface area contributed by atoms with Crippen LogP contribution in [0.15, 0.2) is 42.5 Å². The second kappa shape index (κ2) is 8.67. The molecule has 170 valence electrons. The number of halogens is 3. The molecule has 0 spiro atoms. The number of ether oxygens (including phenoxy) is 1. The molecule has 0 aliphatic heterocycles. The second-order valence-electron chi connectivity index (χ2n) is 8.53. The lowest BCUT2D eigenvalue weighted by atomic mass is 9.60. The number of carbonyl (C=O) groups excluding carboxylic acids is 2. The Morgan fingerprint density at radius 3 is 2.50 bits per heavy atom. The van der Waals surface area contributed by atoms with Crippen molar-refractivity contribution in [3.63, 3.8) is 0 Å². The van der Waals surface area contributed by atoms with Gasteiger partial charge in [0.2, 0.25) is 0 Å². The van der Waals surface area contributed by atoms with Gasteiger partial charge in [0.15, 0.2) is 6.61 Å².